The molecule has 1 aliphatic carbocycles. The molecule has 1 atom stereocenters. The van der Waals surface area contributed by atoms with Crippen LogP contribution >= 0.6 is 0 Å². The Bertz CT molecular complexity index is 839. The molecule has 1 heterocycles. The maximum absolute atomic E-state index is 13.0. The maximum atomic E-state index is 13.0. The van der Waals surface area contributed by atoms with E-state index in [1.54, 1.807) is 13.8 Å². The van der Waals surface area contributed by atoms with Crippen LogP contribution in [0.4, 0.5) is 0 Å². The third-order valence-electron chi connectivity index (χ3n) is 6.03. The van der Waals surface area contributed by atoms with E-state index in [1.165, 1.54) is 11.3 Å². The average Bonchev–Trinajstić information content (AvgIpc) is 2.71. The molecule has 2 aliphatic rings. The zero-order valence-corrected chi connectivity index (χ0v) is 18.2. The minimum Gasteiger partial charge on any atom is -0.463 e. The van der Waals surface area contributed by atoms with Gasteiger partial charge in [-0.25, -0.2) is 4.79 Å². The van der Waals surface area contributed by atoms with Gasteiger partial charge in [0.2, 0.25) is 11.8 Å². The number of allylic oxidation sites excluding steroid dienone is 1. The van der Waals surface area contributed by atoms with Gasteiger partial charge in [-0.1, -0.05) is 49.1 Å². The molecule has 0 bridgehead atoms. The molecular weight excluding hydrogens is 380 g/mol. The normalized spacial score (nSPS) is 20.3. The molecule has 3 rings (SSSR count). The lowest BCUT2D eigenvalue weighted by atomic mass is 9.83. The van der Waals surface area contributed by atoms with Crippen LogP contribution in [0.3, 0.4) is 0 Å². The van der Waals surface area contributed by atoms with Crippen molar-refractivity contribution in [2.45, 2.75) is 71.3 Å². The fourth-order valence-electron chi connectivity index (χ4n) is 4.51. The quantitative estimate of drug-likeness (QED) is 0.725. The highest BCUT2D eigenvalue weighted by Gasteiger charge is 2.37. The van der Waals surface area contributed by atoms with Crippen molar-refractivity contribution in [1.29, 1.82) is 0 Å². The molecule has 0 unspecified atom stereocenters. The zero-order chi connectivity index (χ0) is 21.7. The number of esters is 1. The van der Waals surface area contributed by atoms with Crippen molar-refractivity contribution in [3.05, 3.63) is 46.7 Å². The van der Waals surface area contributed by atoms with Gasteiger partial charge in [-0.3, -0.25) is 9.59 Å². The van der Waals surface area contributed by atoms with Gasteiger partial charge in [-0.05, 0) is 39.2 Å². The Hall–Kier alpha value is -2.63. The third kappa shape index (κ3) is 5.10. The molecule has 30 heavy (non-hydrogen) atoms. The van der Waals surface area contributed by atoms with E-state index in [9.17, 15) is 14.4 Å². The summed E-state index contributed by atoms with van der Waals surface area (Å²) in [5, 5.41) is 3.06. The minimum atomic E-state index is -0.424. The Morgan fingerprint density at radius 1 is 1.17 bits per heavy atom. The highest BCUT2D eigenvalue weighted by Crippen LogP contribution is 2.37. The molecule has 1 aromatic rings. The van der Waals surface area contributed by atoms with E-state index in [0.717, 1.165) is 36.8 Å². The summed E-state index contributed by atoms with van der Waals surface area (Å²) in [4.78, 5) is 39.9. The van der Waals surface area contributed by atoms with Crippen LogP contribution in [0.1, 0.15) is 69.4 Å². The topological polar surface area (TPSA) is 75.7 Å². The minimum absolute atomic E-state index is 0.0649. The molecule has 1 fully saturated rings. The van der Waals surface area contributed by atoms with Gasteiger partial charge in [0.05, 0.1) is 12.2 Å². The second-order valence-corrected chi connectivity index (χ2v) is 8.27. The first-order valence-corrected chi connectivity index (χ1v) is 10.9. The summed E-state index contributed by atoms with van der Waals surface area (Å²) in [5.41, 5.74) is 2.95. The maximum Gasteiger partial charge on any atom is 0.336 e. The predicted octanol–water partition coefficient (Wildman–Crippen LogP) is 3.60. The van der Waals surface area contributed by atoms with Gasteiger partial charge < -0.3 is 15.0 Å². The number of carbonyl (C=O) groups excluding carboxylic acids is 3. The molecule has 162 valence electrons. The van der Waals surface area contributed by atoms with Crippen LogP contribution in [0.2, 0.25) is 0 Å². The Kier molecular flexibility index (Phi) is 7.29. The number of ether oxygens (including phenoxy) is 1. The molecule has 6 nitrogen and oxygen atoms in total. The fourth-order valence-corrected chi connectivity index (χ4v) is 4.51. The molecule has 1 saturated carbocycles. The third-order valence-corrected chi connectivity index (χ3v) is 6.03. The molecule has 6 heteroatoms. The van der Waals surface area contributed by atoms with Gasteiger partial charge in [0.1, 0.15) is 6.54 Å². The van der Waals surface area contributed by atoms with Crippen LogP contribution in [-0.2, 0) is 19.1 Å². The molecule has 1 N–H and O–H groups in total. The summed E-state index contributed by atoms with van der Waals surface area (Å²) in [6.07, 6.45) is 5.57. The highest BCUT2D eigenvalue weighted by atomic mass is 16.5. The van der Waals surface area contributed by atoms with Gasteiger partial charge in [0.15, 0.2) is 0 Å². The fraction of sp³-hybridized carbons (Fsp3) is 0.542. The second-order valence-electron chi connectivity index (χ2n) is 8.27. The first-order chi connectivity index (χ1) is 14.4. The molecule has 0 saturated heterocycles. The average molecular weight is 413 g/mol. The van der Waals surface area contributed by atoms with E-state index in [2.05, 4.69) is 5.32 Å². The van der Waals surface area contributed by atoms with Crippen molar-refractivity contribution in [1.82, 2.24) is 10.2 Å². The molecule has 1 aromatic carbocycles. The van der Waals surface area contributed by atoms with Crippen molar-refractivity contribution in [3.63, 3.8) is 0 Å². The Labute approximate surface area is 178 Å². The number of nitrogens with zero attached hydrogens (tertiary/aromatic N) is 1. The van der Waals surface area contributed by atoms with Gasteiger partial charge in [0, 0.05) is 24.1 Å². The van der Waals surface area contributed by atoms with Crippen LogP contribution in [0, 0.1) is 6.92 Å². The SMILES string of the molecule is CCOC(=O)C1=C(C)N(CC(=O)NC2CCCCC2)C(=O)C[C@H]1c1cccc(C)c1. The van der Waals surface area contributed by atoms with Gasteiger partial charge in [0.25, 0.3) is 0 Å². The second kappa shape index (κ2) is 9.92. The van der Waals surface area contributed by atoms with Crippen molar-refractivity contribution in [3.8, 4) is 0 Å². The lowest BCUT2D eigenvalue weighted by Gasteiger charge is -2.34. The number of amides is 2. The van der Waals surface area contributed by atoms with E-state index in [1.807, 2.05) is 31.2 Å². The Morgan fingerprint density at radius 2 is 1.90 bits per heavy atom. The van der Waals surface area contributed by atoms with E-state index in [4.69, 9.17) is 4.74 Å². The van der Waals surface area contributed by atoms with Crippen molar-refractivity contribution < 1.29 is 19.1 Å². The molecule has 0 aromatic heterocycles. The van der Waals surface area contributed by atoms with Crippen LogP contribution < -0.4 is 5.32 Å². The molecule has 1 aliphatic heterocycles. The standard InChI is InChI=1S/C24H32N2O4/c1-4-30-24(29)23-17(3)26(15-21(27)25-19-11-6-5-7-12-19)22(28)14-20(23)18-10-8-9-16(2)13-18/h8-10,13,19-20H,4-7,11-12,14-15H2,1-3H3,(H,25,27)/t20-/m0/s1. The number of carbonyl (C=O) groups is 3. The number of nitrogens with one attached hydrogen (secondary N) is 1. The zero-order valence-electron chi connectivity index (χ0n) is 18.2. The summed E-state index contributed by atoms with van der Waals surface area (Å²) in [6.45, 7) is 5.67. The first kappa shape index (κ1) is 22.1. The smallest absolute Gasteiger partial charge is 0.336 e. The van der Waals surface area contributed by atoms with Crippen LogP contribution in [0.15, 0.2) is 35.5 Å². The van der Waals surface area contributed by atoms with Gasteiger partial charge in [-0.15, -0.1) is 0 Å². The highest BCUT2D eigenvalue weighted by molar-refractivity contribution is 5.97. The number of rotatable bonds is 6. The summed E-state index contributed by atoms with van der Waals surface area (Å²) < 4.78 is 5.31. The Balaban J connectivity index is 1.86. The number of hydrogen-bond acceptors (Lipinski definition) is 4. The monoisotopic (exact) mass is 412 g/mol. The molecule has 0 spiro atoms. The number of hydrogen-bond donors (Lipinski definition) is 1. The number of benzene rings is 1. The summed E-state index contributed by atoms with van der Waals surface area (Å²) in [6, 6.07) is 8.02. The van der Waals surface area contributed by atoms with E-state index in [0.29, 0.717) is 11.3 Å². The summed E-state index contributed by atoms with van der Waals surface area (Å²) >= 11 is 0. The van der Waals surface area contributed by atoms with Gasteiger partial charge >= 0.3 is 5.97 Å². The summed E-state index contributed by atoms with van der Waals surface area (Å²) in [5.74, 6) is -1.11. The van der Waals surface area contributed by atoms with Crippen LogP contribution in [0.5, 0.6) is 0 Å². The molecule has 2 amide bonds. The molecule has 0 radical (unpaired) electrons. The van der Waals surface area contributed by atoms with Crippen molar-refractivity contribution in [2.24, 2.45) is 0 Å². The van der Waals surface area contributed by atoms with Crippen molar-refractivity contribution in [2.75, 3.05) is 13.2 Å². The van der Waals surface area contributed by atoms with E-state index >= 15 is 0 Å². The summed E-state index contributed by atoms with van der Waals surface area (Å²) in [7, 11) is 0. The van der Waals surface area contributed by atoms with Crippen LogP contribution in [-0.4, -0.2) is 41.9 Å². The first-order valence-electron chi connectivity index (χ1n) is 10.9. The van der Waals surface area contributed by atoms with Gasteiger partial charge in [-0.2, -0.15) is 0 Å². The molecular formula is C24H32N2O4. The lowest BCUT2D eigenvalue weighted by Crippen LogP contribution is -2.46. The Morgan fingerprint density at radius 3 is 2.57 bits per heavy atom. The largest absolute Gasteiger partial charge is 0.463 e. The lowest BCUT2D eigenvalue weighted by molar-refractivity contribution is -0.141. The van der Waals surface area contributed by atoms with E-state index < -0.39 is 5.97 Å². The van der Waals surface area contributed by atoms with E-state index in [-0.39, 0.29) is 43.3 Å². The predicted molar refractivity (Wildman–Crippen MR) is 115 cm³/mol. The number of aryl methyl sites for hydroxylation is 1. The van der Waals surface area contributed by atoms with Crippen molar-refractivity contribution >= 4 is 17.8 Å². The van der Waals surface area contributed by atoms with Crippen LogP contribution in [0.25, 0.3) is 0 Å².